The molecular weight excluding hydrogens is 453 g/mol. The summed E-state index contributed by atoms with van der Waals surface area (Å²) in [5.74, 6) is -2.98. The summed E-state index contributed by atoms with van der Waals surface area (Å²) in [6, 6.07) is 15.8. The van der Waals surface area contributed by atoms with E-state index in [-0.39, 0.29) is 22.4 Å². The molecule has 0 fully saturated rings. The number of alkyl halides is 3. The quantitative estimate of drug-likeness (QED) is 0.258. The molecule has 3 aromatic carbocycles. The number of esters is 1. The van der Waals surface area contributed by atoms with Gasteiger partial charge >= 0.3 is 12.1 Å². The Labute approximate surface area is 191 Å². The molecule has 0 saturated carbocycles. The molecule has 0 unspecified atom stereocenters. The van der Waals surface area contributed by atoms with Gasteiger partial charge in [0.15, 0.2) is 0 Å². The van der Waals surface area contributed by atoms with Gasteiger partial charge in [-0.2, -0.15) is 13.2 Å². The highest BCUT2D eigenvalue weighted by atomic mass is 19.4. The summed E-state index contributed by atoms with van der Waals surface area (Å²) in [5.41, 5.74) is -0.395. The summed E-state index contributed by atoms with van der Waals surface area (Å²) < 4.78 is 61.8. The summed E-state index contributed by atoms with van der Waals surface area (Å²) >= 11 is 0. The van der Waals surface area contributed by atoms with Crippen molar-refractivity contribution in [1.82, 2.24) is 0 Å². The van der Waals surface area contributed by atoms with E-state index >= 15 is 0 Å². The summed E-state index contributed by atoms with van der Waals surface area (Å²) in [7, 11) is 1.44. The molecule has 0 saturated heterocycles. The number of hydrogen-bond donors (Lipinski definition) is 0. The van der Waals surface area contributed by atoms with E-state index in [9.17, 15) is 22.8 Å². The maximum absolute atomic E-state index is 13.7. The summed E-state index contributed by atoms with van der Waals surface area (Å²) in [6.07, 6.45) is -5.01. The largest absolute Gasteiger partial charge is 0.497 e. The van der Waals surface area contributed by atoms with Crippen LogP contribution in [0.1, 0.15) is 21.7 Å². The van der Waals surface area contributed by atoms with Gasteiger partial charge in [0, 0.05) is 6.07 Å². The van der Waals surface area contributed by atoms with Crippen molar-refractivity contribution >= 4 is 16.9 Å². The molecule has 1 aromatic heterocycles. The third-order valence-corrected chi connectivity index (χ3v) is 4.84. The third kappa shape index (κ3) is 4.73. The molecule has 0 atom stereocenters. The van der Waals surface area contributed by atoms with Gasteiger partial charge in [0.1, 0.15) is 22.8 Å². The number of methoxy groups -OCH3 is 1. The number of carbonyl (C=O) groups is 1. The van der Waals surface area contributed by atoms with Crippen LogP contribution in [0.15, 0.2) is 75.9 Å². The van der Waals surface area contributed by atoms with Gasteiger partial charge in [-0.05, 0) is 49.4 Å². The number of halogens is 3. The van der Waals surface area contributed by atoms with Crippen LogP contribution in [-0.4, -0.2) is 13.1 Å². The second-order valence-corrected chi connectivity index (χ2v) is 7.28. The van der Waals surface area contributed by atoms with Gasteiger partial charge in [0.25, 0.3) is 5.76 Å². The van der Waals surface area contributed by atoms with Crippen LogP contribution in [0.4, 0.5) is 13.2 Å². The van der Waals surface area contributed by atoms with Crippen LogP contribution in [0.5, 0.6) is 23.0 Å². The molecule has 0 aliphatic heterocycles. The molecule has 0 bridgehead atoms. The minimum Gasteiger partial charge on any atom is -0.497 e. The predicted molar refractivity (Wildman–Crippen MR) is 117 cm³/mol. The molecule has 34 heavy (non-hydrogen) atoms. The summed E-state index contributed by atoms with van der Waals surface area (Å²) in [5, 5.41) is -0.170. The monoisotopic (exact) mass is 470 g/mol. The SMILES string of the molecule is COc1cccc(C(=O)Oc2ccc3c(=O)c(Oc4ccc(C)cc4)c(C(F)(F)F)oc3c2)c1. The number of hydrogen-bond acceptors (Lipinski definition) is 6. The Morgan fingerprint density at radius 3 is 2.29 bits per heavy atom. The molecular formula is C25H17F3O6. The molecule has 4 aromatic rings. The van der Waals surface area contributed by atoms with Gasteiger partial charge in [-0.1, -0.05) is 23.8 Å². The highest BCUT2D eigenvalue weighted by Crippen LogP contribution is 2.38. The molecule has 0 aliphatic rings. The first-order valence-corrected chi connectivity index (χ1v) is 9.94. The molecule has 1 heterocycles. The van der Waals surface area contributed by atoms with Crippen molar-refractivity contribution < 1.29 is 36.6 Å². The Bertz CT molecular complexity index is 1420. The van der Waals surface area contributed by atoms with E-state index in [1.54, 1.807) is 31.2 Å². The minimum atomic E-state index is -5.01. The van der Waals surface area contributed by atoms with E-state index in [1.165, 1.54) is 43.5 Å². The Balaban J connectivity index is 1.73. The van der Waals surface area contributed by atoms with Gasteiger partial charge in [-0.15, -0.1) is 0 Å². The second kappa shape index (κ2) is 8.93. The van der Waals surface area contributed by atoms with E-state index in [0.717, 1.165) is 11.6 Å². The van der Waals surface area contributed by atoms with E-state index in [0.29, 0.717) is 5.75 Å². The smallest absolute Gasteiger partial charge is 0.453 e. The van der Waals surface area contributed by atoms with Gasteiger partial charge < -0.3 is 18.6 Å². The van der Waals surface area contributed by atoms with Crippen molar-refractivity contribution in [3.8, 4) is 23.0 Å². The van der Waals surface area contributed by atoms with Crippen LogP contribution in [0.2, 0.25) is 0 Å². The molecule has 0 spiro atoms. The number of ether oxygens (including phenoxy) is 3. The van der Waals surface area contributed by atoms with E-state index in [2.05, 4.69) is 0 Å². The summed E-state index contributed by atoms with van der Waals surface area (Å²) in [4.78, 5) is 25.3. The molecule has 6 nitrogen and oxygen atoms in total. The fourth-order valence-electron chi connectivity index (χ4n) is 3.14. The van der Waals surface area contributed by atoms with Gasteiger partial charge in [-0.25, -0.2) is 4.79 Å². The molecule has 0 aliphatic carbocycles. The van der Waals surface area contributed by atoms with Gasteiger partial charge in [-0.3, -0.25) is 4.79 Å². The topological polar surface area (TPSA) is 75.0 Å². The number of benzene rings is 3. The summed E-state index contributed by atoms with van der Waals surface area (Å²) in [6.45, 7) is 1.80. The van der Waals surface area contributed by atoms with Crippen molar-refractivity contribution in [2.24, 2.45) is 0 Å². The van der Waals surface area contributed by atoms with Crippen LogP contribution in [0, 0.1) is 6.92 Å². The number of rotatable bonds is 5. The first kappa shape index (κ1) is 22.9. The zero-order valence-corrected chi connectivity index (χ0v) is 17.9. The standard InChI is InChI=1S/C25H17F3O6/c1-14-6-8-16(9-7-14)32-22-21(29)19-11-10-18(13-20(19)34-23(22)25(26,27)28)33-24(30)15-4-3-5-17(12-15)31-2/h3-13H,1-2H3. The maximum Gasteiger partial charge on any atom is 0.453 e. The number of fused-ring (bicyclic) bond motifs is 1. The Kier molecular flexibility index (Phi) is 6.02. The number of aryl methyl sites for hydroxylation is 1. The first-order chi connectivity index (χ1) is 16.2. The van der Waals surface area contributed by atoms with E-state index in [1.807, 2.05) is 0 Å². The fraction of sp³-hybridized carbons (Fsp3) is 0.120. The van der Waals surface area contributed by atoms with Crippen LogP contribution in [0.25, 0.3) is 11.0 Å². The number of carbonyl (C=O) groups excluding carboxylic acids is 1. The first-order valence-electron chi connectivity index (χ1n) is 9.94. The minimum absolute atomic E-state index is 0.0478. The van der Waals surface area contributed by atoms with Crippen molar-refractivity contribution in [3.05, 3.63) is 93.8 Å². The van der Waals surface area contributed by atoms with Crippen LogP contribution < -0.4 is 19.6 Å². The van der Waals surface area contributed by atoms with Crippen molar-refractivity contribution in [1.29, 1.82) is 0 Å². The average molecular weight is 470 g/mol. The average Bonchev–Trinajstić information content (AvgIpc) is 2.81. The molecule has 0 radical (unpaired) electrons. The van der Waals surface area contributed by atoms with Crippen LogP contribution >= 0.6 is 0 Å². The van der Waals surface area contributed by atoms with Gasteiger partial charge in [0.05, 0.1) is 18.1 Å². The lowest BCUT2D eigenvalue weighted by Gasteiger charge is -2.14. The fourth-order valence-corrected chi connectivity index (χ4v) is 3.14. The van der Waals surface area contributed by atoms with E-state index < -0.39 is 34.7 Å². The Morgan fingerprint density at radius 2 is 1.62 bits per heavy atom. The van der Waals surface area contributed by atoms with Crippen molar-refractivity contribution in [2.45, 2.75) is 13.1 Å². The second-order valence-electron chi connectivity index (χ2n) is 7.28. The zero-order valence-electron chi connectivity index (χ0n) is 17.9. The lowest BCUT2D eigenvalue weighted by Crippen LogP contribution is -2.15. The molecule has 0 amide bonds. The molecule has 9 heteroatoms. The normalized spacial score (nSPS) is 11.3. The highest BCUT2D eigenvalue weighted by Gasteiger charge is 2.40. The van der Waals surface area contributed by atoms with Gasteiger partial charge in [0.2, 0.25) is 11.2 Å². The molecule has 174 valence electrons. The highest BCUT2D eigenvalue weighted by molar-refractivity contribution is 5.92. The van der Waals surface area contributed by atoms with Crippen molar-refractivity contribution in [2.75, 3.05) is 7.11 Å². The Hall–Kier alpha value is -4.27. The molecule has 4 rings (SSSR count). The lowest BCUT2D eigenvalue weighted by atomic mass is 10.2. The zero-order chi connectivity index (χ0) is 24.5. The maximum atomic E-state index is 13.7. The van der Waals surface area contributed by atoms with Crippen LogP contribution in [0.3, 0.4) is 0 Å². The van der Waals surface area contributed by atoms with Crippen LogP contribution in [-0.2, 0) is 6.18 Å². The Morgan fingerprint density at radius 1 is 0.912 bits per heavy atom. The molecule has 0 N–H and O–H groups in total. The van der Waals surface area contributed by atoms with E-state index in [4.69, 9.17) is 18.6 Å². The van der Waals surface area contributed by atoms with Crippen molar-refractivity contribution in [3.63, 3.8) is 0 Å². The lowest BCUT2D eigenvalue weighted by molar-refractivity contribution is -0.154. The predicted octanol–water partition coefficient (Wildman–Crippen LogP) is 6.14. The third-order valence-electron chi connectivity index (χ3n) is 4.84.